The summed E-state index contributed by atoms with van der Waals surface area (Å²) in [5, 5.41) is 8.59. The first-order chi connectivity index (χ1) is 17.6. The summed E-state index contributed by atoms with van der Waals surface area (Å²) in [4.78, 5) is 53.6. The molecule has 4 atom stereocenters. The van der Waals surface area contributed by atoms with Crippen molar-refractivity contribution in [1.29, 1.82) is 0 Å². The number of rotatable bonds is 3. The lowest BCUT2D eigenvalue weighted by Crippen LogP contribution is -2.75. The largest absolute Gasteiger partial charge is 0.473 e. The number of nitrogens with one attached hydrogen (secondary N) is 2. The highest BCUT2D eigenvalue weighted by Gasteiger charge is 2.63. The summed E-state index contributed by atoms with van der Waals surface area (Å²) in [6, 6.07) is -0.301. The summed E-state index contributed by atoms with van der Waals surface area (Å²) in [6.07, 6.45) is -0.0570. The SMILES string of the molecule is C[C@@H]1CN2c3c(cc4c(OC[C@@H]5CCC(=O)N5C)noc4c3F)CC3(C(=O)NC(=O)NC3=O)[C@H]2[C@H](C)O1. The van der Waals surface area contributed by atoms with Gasteiger partial charge in [-0.3, -0.25) is 25.0 Å². The molecule has 1 aromatic heterocycles. The zero-order valence-corrected chi connectivity index (χ0v) is 20.5. The number of hydrogen-bond acceptors (Lipinski definition) is 9. The van der Waals surface area contributed by atoms with Gasteiger partial charge in [-0.05, 0) is 37.1 Å². The maximum absolute atomic E-state index is 16.1. The molecule has 0 bridgehead atoms. The number of hydrogen-bond donors (Lipinski definition) is 2. The molecular formula is C24H26FN5O7. The van der Waals surface area contributed by atoms with Gasteiger partial charge in [0.15, 0.2) is 11.2 Å². The molecule has 3 saturated heterocycles. The fourth-order valence-electron chi connectivity index (χ4n) is 6.27. The Balaban J connectivity index is 1.45. The van der Waals surface area contributed by atoms with Crippen molar-refractivity contribution in [3.8, 4) is 5.88 Å². The van der Waals surface area contributed by atoms with Crippen molar-refractivity contribution in [3.63, 3.8) is 0 Å². The zero-order chi connectivity index (χ0) is 26.2. The van der Waals surface area contributed by atoms with Gasteiger partial charge in [-0.15, -0.1) is 0 Å². The van der Waals surface area contributed by atoms with E-state index in [2.05, 4.69) is 15.8 Å². The molecule has 4 aliphatic rings. The number of imide groups is 2. The molecule has 3 fully saturated rings. The summed E-state index contributed by atoms with van der Waals surface area (Å²) in [5.74, 6) is -2.13. The Morgan fingerprint density at radius 2 is 1.95 bits per heavy atom. The standard InChI is InChI=1S/C24H26FN5O7/c1-10-8-30-17-12(7-24(19(30)11(2)36-10)21(32)26-23(34)27-22(24)33)6-14-18(16(17)25)37-28-20(14)35-9-13-4-5-15(31)29(13)3/h6,10-11,13,19H,4-5,7-9H2,1-3H3,(H2,26,27,32,33,34)/t10-,11+,13+,19-/m1/s1. The Hall–Kier alpha value is -3.74. The van der Waals surface area contributed by atoms with E-state index in [1.165, 1.54) is 0 Å². The van der Waals surface area contributed by atoms with Gasteiger partial charge in [0.25, 0.3) is 5.88 Å². The van der Waals surface area contributed by atoms with Crippen LogP contribution in [-0.2, 0) is 25.5 Å². The summed E-state index contributed by atoms with van der Waals surface area (Å²) < 4.78 is 33.2. The number of ether oxygens (including phenoxy) is 2. The van der Waals surface area contributed by atoms with Crippen LogP contribution in [0.3, 0.4) is 0 Å². The molecule has 13 heteroatoms. The van der Waals surface area contributed by atoms with E-state index in [1.807, 2.05) is 6.92 Å². The van der Waals surface area contributed by atoms with Crippen LogP contribution in [0.15, 0.2) is 10.6 Å². The number of aromatic nitrogens is 1. The van der Waals surface area contributed by atoms with E-state index in [1.54, 1.807) is 29.8 Å². The highest BCUT2D eigenvalue weighted by molar-refractivity contribution is 6.20. The first-order valence-electron chi connectivity index (χ1n) is 12.2. The Morgan fingerprint density at radius 1 is 1.22 bits per heavy atom. The predicted molar refractivity (Wildman–Crippen MR) is 124 cm³/mol. The fraction of sp³-hybridized carbons (Fsp3) is 0.542. The van der Waals surface area contributed by atoms with Crippen molar-refractivity contribution in [1.82, 2.24) is 20.7 Å². The number of barbiturate groups is 1. The van der Waals surface area contributed by atoms with Crippen molar-refractivity contribution in [2.75, 3.05) is 25.1 Å². The minimum absolute atomic E-state index is 0.0232. The number of halogens is 1. The third kappa shape index (κ3) is 3.32. The number of amides is 5. The van der Waals surface area contributed by atoms with Crippen LogP contribution >= 0.6 is 0 Å². The Kier molecular flexibility index (Phi) is 5.20. The molecular weight excluding hydrogens is 489 g/mol. The van der Waals surface area contributed by atoms with Crippen LogP contribution in [-0.4, -0.2) is 78.3 Å². The van der Waals surface area contributed by atoms with Gasteiger partial charge in [-0.25, -0.2) is 9.18 Å². The number of carbonyl (C=O) groups is 4. The highest BCUT2D eigenvalue weighted by Crippen LogP contribution is 2.49. The van der Waals surface area contributed by atoms with Gasteiger partial charge >= 0.3 is 6.03 Å². The average Bonchev–Trinajstić information content (AvgIpc) is 3.38. The van der Waals surface area contributed by atoms with Gasteiger partial charge < -0.3 is 23.8 Å². The Bertz CT molecular complexity index is 1340. The van der Waals surface area contributed by atoms with Crippen LogP contribution in [0.1, 0.15) is 32.3 Å². The lowest BCUT2D eigenvalue weighted by molar-refractivity contribution is -0.153. The van der Waals surface area contributed by atoms with Crippen LogP contribution in [0.25, 0.3) is 11.0 Å². The lowest BCUT2D eigenvalue weighted by atomic mass is 9.66. The molecule has 1 spiro atoms. The minimum Gasteiger partial charge on any atom is -0.473 e. The Morgan fingerprint density at radius 3 is 2.62 bits per heavy atom. The lowest BCUT2D eigenvalue weighted by Gasteiger charge is -2.55. The van der Waals surface area contributed by atoms with E-state index in [4.69, 9.17) is 14.0 Å². The van der Waals surface area contributed by atoms with Gasteiger partial charge in [0, 0.05) is 26.4 Å². The molecule has 2 N–H and O–H groups in total. The summed E-state index contributed by atoms with van der Waals surface area (Å²) in [5.41, 5.74) is -1.26. The highest BCUT2D eigenvalue weighted by atomic mass is 19.1. The van der Waals surface area contributed by atoms with Crippen molar-refractivity contribution in [2.45, 2.75) is 57.4 Å². The third-order valence-electron chi connectivity index (χ3n) is 7.98. The normalized spacial score (nSPS) is 28.9. The molecule has 4 aliphatic heterocycles. The van der Waals surface area contributed by atoms with Crippen LogP contribution in [0, 0.1) is 11.2 Å². The first-order valence-corrected chi connectivity index (χ1v) is 12.2. The second-order valence-electron chi connectivity index (χ2n) is 10.2. The maximum Gasteiger partial charge on any atom is 0.328 e. The first kappa shape index (κ1) is 23.6. The van der Waals surface area contributed by atoms with Crippen LogP contribution in [0.5, 0.6) is 5.88 Å². The van der Waals surface area contributed by atoms with Crippen LogP contribution in [0.2, 0.25) is 0 Å². The maximum atomic E-state index is 16.1. The molecule has 0 unspecified atom stereocenters. The molecule has 0 aliphatic carbocycles. The van der Waals surface area contributed by atoms with Crippen LogP contribution < -0.4 is 20.3 Å². The third-order valence-corrected chi connectivity index (χ3v) is 7.98. The van der Waals surface area contributed by atoms with E-state index >= 15 is 4.39 Å². The van der Waals surface area contributed by atoms with Gasteiger partial charge in [-0.1, -0.05) is 0 Å². The van der Waals surface area contributed by atoms with Crippen molar-refractivity contribution < 1.29 is 37.6 Å². The van der Waals surface area contributed by atoms with E-state index in [-0.39, 0.29) is 60.2 Å². The summed E-state index contributed by atoms with van der Waals surface area (Å²) >= 11 is 0. The van der Waals surface area contributed by atoms with Gasteiger partial charge in [0.2, 0.25) is 23.3 Å². The molecule has 1 aromatic carbocycles. The number of likely N-dealkylation sites (N-methyl/N-ethyl adjacent to an activating group) is 1. The molecule has 37 heavy (non-hydrogen) atoms. The van der Waals surface area contributed by atoms with E-state index in [9.17, 15) is 19.2 Å². The molecule has 196 valence electrons. The number of benzene rings is 1. The van der Waals surface area contributed by atoms with Crippen molar-refractivity contribution >= 4 is 40.4 Å². The quantitative estimate of drug-likeness (QED) is 0.569. The van der Waals surface area contributed by atoms with E-state index < -0.39 is 41.2 Å². The van der Waals surface area contributed by atoms with Gasteiger partial charge in [0.1, 0.15) is 6.61 Å². The monoisotopic (exact) mass is 515 g/mol. The van der Waals surface area contributed by atoms with E-state index in [0.29, 0.717) is 18.4 Å². The number of nitrogens with zero attached hydrogens (tertiary/aromatic N) is 3. The molecule has 5 amide bonds. The number of morpholine rings is 1. The average molecular weight is 515 g/mol. The summed E-state index contributed by atoms with van der Waals surface area (Å²) in [6.45, 7) is 3.90. The Labute approximate surface area is 210 Å². The van der Waals surface area contributed by atoms with Crippen molar-refractivity contribution in [3.05, 3.63) is 17.4 Å². The predicted octanol–water partition coefficient (Wildman–Crippen LogP) is 0.857. The summed E-state index contributed by atoms with van der Waals surface area (Å²) in [7, 11) is 1.70. The van der Waals surface area contributed by atoms with Crippen LogP contribution in [0.4, 0.5) is 14.9 Å². The topological polar surface area (TPSA) is 143 Å². The number of urea groups is 1. The smallest absolute Gasteiger partial charge is 0.328 e. The fourth-order valence-corrected chi connectivity index (χ4v) is 6.27. The molecule has 0 radical (unpaired) electrons. The number of fused-ring (bicyclic) bond motifs is 5. The van der Waals surface area contributed by atoms with E-state index in [0.717, 1.165) is 0 Å². The minimum atomic E-state index is -1.73. The number of likely N-dealkylation sites (tertiary alicyclic amines) is 1. The zero-order valence-electron chi connectivity index (χ0n) is 20.5. The molecule has 6 rings (SSSR count). The molecule has 2 aromatic rings. The van der Waals surface area contributed by atoms with Crippen molar-refractivity contribution in [2.24, 2.45) is 5.41 Å². The molecule has 12 nitrogen and oxygen atoms in total. The second kappa shape index (κ2) is 8.13. The molecule has 5 heterocycles. The second-order valence-corrected chi connectivity index (χ2v) is 10.2. The van der Waals surface area contributed by atoms with Gasteiger partial charge in [-0.2, -0.15) is 0 Å². The van der Waals surface area contributed by atoms with Gasteiger partial charge in [0.05, 0.1) is 35.4 Å². The number of carbonyl (C=O) groups excluding carboxylic acids is 4. The molecule has 0 saturated carbocycles. The number of anilines is 1.